The Bertz CT molecular complexity index is 722. The van der Waals surface area contributed by atoms with Gasteiger partial charge in [-0.3, -0.25) is 0 Å². The van der Waals surface area contributed by atoms with E-state index in [2.05, 4.69) is 10.6 Å². The molecule has 0 bridgehead atoms. The van der Waals surface area contributed by atoms with Crippen molar-refractivity contribution < 1.29 is 18.0 Å². The SMILES string of the molecule is Cc1cccc(C(C)C)c1NC(=O)Nc1ccc(C(F)(F)F)cc1. The number of nitrogens with one attached hydrogen (secondary N) is 2. The first-order valence-corrected chi connectivity index (χ1v) is 7.53. The van der Waals surface area contributed by atoms with Gasteiger partial charge in [-0.05, 0) is 48.2 Å². The number of anilines is 2. The minimum absolute atomic E-state index is 0.228. The molecular weight excluding hydrogens is 317 g/mol. The molecule has 3 nitrogen and oxygen atoms in total. The lowest BCUT2D eigenvalue weighted by Crippen LogP contribution is -2.21. The molecule has 0 aromatic heterocycles. The van der Waals surface area contributed by atoms with E-state index in [-0.39, 0.29) is 5.92 Å². The second-order valence-corrected chi connectivity index (χ2v) is 5.85. The van der Waals surface area contributed by atoms with E-state index >= 15 is 0 Å². The summed E-state index contributed by atoms with van der Waals surface area (Å²) in [5.41, 5.74) is 2.17. The molecule has 0 heterocycles. The minimum atomic E-state index is -4.39. The third-order valence-corrected chi connectivity index (χ3v) is 3.64. The second kappa shape index (κ2) is 6.95. The number of carbonyl (C=O) groups is 1. The summed E-state index contributed by atoms with van der Waals surface area (Å²) in [5, 5.41) is 5.33. The average Bonchev–Trinajstić information content (AvgIpc) is 2.48. The van der Waals surface area contributed by atoms with Gasteiger partial charge in [0.05, 0.1) is 5.56 Å². The van der Waals surface area contributed by atoms with Gasteiger partial charge in [-0.2, -0.15) is 13.2 Å². The van der Waals surface area contributed by atoms with Gasteiger partial charge in [0, 0.05) is 11.4 Å². The van der Waals surface area contributed by atoms with Gasteiger partial charge in [0.2, 0.25) is 0 Å². The van der Waals surface area contributed by atoms with E-state index in [1.165, 1.54) is 12.1 Å². The highest BCUT2D eigenvalue weighted by atomic mass is 19.4. The highest BCUT2D eigenvalue weighted by Gasteiger charge is 2.30. The van der Waals surface area contributed by atoms with Crippen LogP contribution in [0.4, 0.5) is 29.3 Å². The molecule has 0 saturated heterocycles. The van der Waals surface area contributed by atoms with Crippen LogP contribution in [0.25, 0.3) is 0 Å². The van der Waals surface area contributed by atoms with Gasteiger partial charge in [-0.15, -0.1) is 0 Å². The Morgan fingerprint density at radius 2 is 1.62 bits per heavy atom. The standard InChI is InChI=1S/C18H19F3N2O/c1-11(2)15-6-4-5-12(3)16(15)23-17(24)22-14-9-7-13(8-10-14)18(19,20)21/h4-11H,1-3H3,(H2,22,23,24). The van der Waals surface area contributed by atoms with Crippen molar-refractivity contribution in [3.05, 3.63) is 59.2 Å². The van der Waals surface area contributed by atoms with Crippen LogP contribution in [0.1, 0.15) is 36.5 Å². The molecule has 0 radical (unpaired) electrons. The highest BCUT2D eigenvalue weighted by molar-refractivity contribution is 6.00. The van der Waals surface area contributed by atoms with E-state index in [0.29, 0.717) is 5.69 Å². The first-order chi connectivity index (χ1) is 11.2. The summed E-state index contributed by atoms with van der Waals surface area (Å²) >= 11 is 0. The fourth-order valence-corrected chi connectivity index (χ4v) is 2.36. The summed E-state index contributed by atoms with van der Waals surface area (Å²) < 4.78 is 37.6. The van der Waals surface area contributed by atoms with E-state index in [1.54, 1.807) is 0 Å². The summed E-state index contributed by atoms with van der Waals surface area (Å²) in [5.74, 6) is 0.228. The summed E-state index contributed by atoms with van der Waals surface area (Å²) in [6.45, 7) is 5.93. The summed E-state index contributed by atoms with van der Waals surface area (Å²) in [6, 6.07) is 9.57. The van der Waals surface area contributed by atoms with Crippen molar-refractivity contribution in [2.45, 2.75) is 32.9 Å². The maximum absolute atomic E-state index is 12.5. The normalized spacial score (nSPS) is 11.5. The topological polar surface area (TPSA) is 41.1 Å². The van der Waals surface area contributed by atoms with Crippen molar-refractivity contribution in [1.29, 1.82) is 0 Å². The Kier molecular flexibility index (Phi) is 5.17. The number of rotatable bonds is 3. The third kappa shape index (κ3) is 4.28. The van der Waals surface area contributed by atoms with Crippen LogP contribution in [-0.4, -0.2) is 6.03 Å². The third-order valence-electron chi connectivity index (χ3n) is 3.64. The number of urea groups is 1. The number of aryl methyl sites for hydroxylation is 1. The van der Waals surface area contributed by atoms with Crippen LogP contribution in [-0.2, 0) is 6.18 Å². The van der Waals surface area contributed by atoms with E-state index in [0.717, 1.165) is 28.9 Å². The predicted molar refractivity (Wildman–Crippen MR) is 89.4 cm³/mol. The molecule has 128 valence electrons. The molecule has 2 rings (SSSR count). The quantitative estimate of drug-likeness (QED) is 0.733. The van der Waals surface area contributed by atoms with Gasteiger partial charge in [0.15, 0.2) is 0 Å². The predicted octanol–water partition coefficient (Wildman–Crippen LogP) is 5.78. The molecule has 0 fully saturated rings. The molecule has 2 aromatic carbocycles. The van der Waals surface area contributed by atoms with Crippen molar-refractivity contribution in [2.75, 3.05) is 10.6 Å². The van der Waals surface area contributed by atoms with Crippen LogP contribution in [0.3, 0.4) is 0 Å². The number of hydrogen-bond acceptors (Lipinski definition) is 1. The van der Waals surface area contributed by atoms with E-state index in [9.17, 15) is 18.0 Å². The Labute approximate surface area is 138 Å². The summed E-state index contributed by atoms with van der Waals surface area (Å²) in [4.78, 5) is 12.1. The lowest BCUT2D eigenvalue weighted by molar-refractivity contribution is -0.137. The molecule has 2 aromatic rings. The first-order valence-electron chi connectivity index (χ1n) is 7.53. The van der Waals surface area contributed by atoms with E-state index in [1.807, 2.05) is 39.0 Å². The maximum Gasteiger partial charge on any atom is 0.416 e. The van der Waals surface area contributed by atoms with Crippen LogP contribution >= 0.6 is 0 Å². The maximum atomic E-state index is 12.5. The molecule has 0 unspecified atom stereocenters. The molecule has 2 N–H and O–H groups in total. The lowest BCUT2D eigenvalue weighted by atomic mass is 9.98. The van der Waals surface area contributed by atoms with Gasteiger partial charge in [-0.25, -0.2) is 4.79 Å². The smallest absolute Gasteiger partial charge is 0.308 e. The molecule has 6 heteroatoms. The highest BCUT2D eigenvalue weighted by Crippen LogP contribution is 2.30. The number of carbonyl (C=O) groups excluding carboxylic acids is 1. The van der Waals surface area contributed by atoms with Crippen molar-refractivity contribution in [3.63, 3.8) is 0 Å². The van der Waals surface area contributed by atoms with Crippen LogP contribution in [0, 0.1) is 6.92 Å². The zero-order valence-corrected chi connectivity index (χ0v) is 13.7. The minimum Gasteiger partial charge on any atom is -0.308 e. The second-order valence-electron chi connectivity index (χ2n) is 5.85. The van der Waals surface area contributed by atoms with Crippen molar-refractivity contribution in [1.82, 2.24) is 0 Å². The fraction of sp³-hybridized carbons (Fsp3) is 0.278. The zero-order valence-electron chi connectivity index (χ0n) is 13.7. The van der Waals surface area contributed by atoms with E-state index in [4.69, 9.17) is 0 Å². The molecule has 2 amide bonds. The largest absolute Gasteiger partial charge is 0.416 e. The number of halogens is 3. The van der Waals surface area contributed by atoms with Crippen LogP contribution in [0.15, 0.2) is 42.5 Å². The molecule has 0 spiro atoms. The summed E-state index contributed by atoms with van der Waals surface area (Å²) in [6.07, 6.45) is -4.39. The molecule has 24 heavy (non-hydrogen) atoms. The van der Waals surface area contributed by atoms with Crippen LogP contribution < -0.4 is 10.6 Å². The Hall–Kier alpha value is -2.50. The Morgan fingerprint density at radius 1 is 1.00 bits per heavy atom. The fourth-order valence-electron chi connectivity index (χ4n) is 2.36. The molecule has 0 atom stereocenters. The van der Waals surface area contributed by atoms with Crippen molar-refractivity contribution in [3.8, 4) is 0 Å². The van der Waals surface area contributed by atoms with Gasteiger partial charge < -0.3 is 10.6 Å². The average molecular weight is 336 g/mol. The number of para-hydroxylation sites is 1. The monoisotopic (exact) mass is 336 g/mol. The van der Waals surface area contributed by atoms with Crippen LogP contribution in [0.5, 0.6) is 0 Å². The van der Waals surface area contributed by atoms with E-state index < -0.39 is 17.8 Å². The molecular formula is C18H19F3N2O. The molecule has 0 aliphatic heterocycles. The number of alkyl halides is 3. The zero-order chi connectivity index (χ0) is 17.9. The molecule has 0 aliphatic rings. The van der Waals surface area contributed by atoms with Crippen LogP contribution in [0.2, 0.25) is 0 Å². The lowest BCUT2D eigenvalue weighted by Gasteiger charge is -2.17. The van der Waals surface area contributed by atoms with Gasteiger partial charge in [0.1, 0.15) is 0 Å². The van der Waals surface area contributed by atoms with Gasteiger partial charge >= 0.3 is 12.2 Å². The van der Waals surface area contributed by atoms with Crippen molar-refractivity contribution in [2.24, 2.45) is 0 Å². The van der Waals surface area contributed by atoms with Gasteiger partial charge in [0.25, 0.3) is 0 Å². The summed E-state index contributed by atoms with van der Waals surface area (Å²) in [7, 11) is 0. The molecule has 0 saturated carbocycles. The number of hydrogen-bond donors (Lipinski definition) is 2. The van der Waals surface area contributed by atoms with Gasteiger partial charge in [-0.1, -0.05) is 32.0 Å². The van der Waals surface area contributed by atoms with Crippen molar-refractivity contribution >= 4 is 17.4 Å². The number of benzene rings is 2. The first kappa shape index (κ1) is 17.8. The molecule has 0 aliphatic carbocycles. The Morgan fingerprint density at radius 3 is 2.17 bits per heavy atom. The number of amides is 2. The Balaban J connectivity index is 2.12.